The number of ether oxygens (including phenoxy) is 2. The van der Waals surface area contributed by atoms with Gasteiger partial charge in [-0.25, -0.2) is 17.8 Å². The average molecular weight is 471 g/mol. The lowest BCUT2D eigenvalue weighted by Crippen LogP contribution is -2.31. The van der Waals surface area contributed by atoms with Crippen molar-refractivity contribution in [3.05, 3.63) is 57.8 Å². The maximum Gasteiger partial charge on any atom is 0.287 e. The lowest BCUT2D eigenvalue weighted by atomic mass is 10.2. The van der Waals surface area contributed by atoms with E-state index in [1.807, 2.05) is 4.72 Å². The van der Waals surface area contributed by atoms with Gasteiger partial charge in [-0.05, 0) is 31.2 Å². The summed E-state index contributed by atoms with van der Waals surface area (Å²) in [6.45, 7) is 1.56. The zero-order valence-electron chi connectivity index (χ0n) is 16.0. The molecule has 1 aromatic heterocycles. The highest BCUT2D eigenvalue weighted by Gasteiger charge is 2.26. The Bertz CT molecular complexity index is 1230. The molecule has 2 aromatic carbocycles. The molecular weight excluding hydrogens is 455 g/mol. The number of nitrogens with one attached hydrogen (secondary N) is 1. The summed E-state index contributed by atoms with van der Waals surface area (Å²) in [6, 6.07) is 8.94. The van der Waals surface area contributed by atoms with Crippen molar-refractivity contribution in [2.45, 2.75) is 11.8 Å². The van der Waals surface area contributed by atoms with Gasteiger partial charge in [0, 0.05) is 12.1 Å². The van der Waals surface area contributed by atoms with Crippen LogP contribution in [0.5, 0.6) is 11.5 Å². The number of nitrogens with zero attached hydrogens (tertiary/aromatic N) is 3. The van der Waals surface area contributed by atoms with E-state index in [-0.39, 0.29) is 27.1 Å². The molecule has 0 saturated carbocycles. The molecule has 1 amide bonds. The molecule has 0 radical (unpaired) electrons. The molecule has 1 heterocycles. The van der Waals surface area contributed by atoms with Crippen LogP contribution < -0.4 is 14.2 Å². The number of sulfonamides is 1. The molecule has 3 aromatic rings. The zero-order chi connectivity index (χ0) is 22.1. The van der Waals surface area contributed by atoms with Gasteiger partial charge in [-0.15, -0.1) is 5.10 Å². The maximum atomic E-state index is 12.7. The molecule has 0 saturated heterocycles. The molecule has 1 N–H and O–H groups in total. The third-order valence-corrected chi connectivity index (χ3v) is 6.26. The molecule has 0 aliphatic carbocycles. The van der Waals surface area contributed by atoms with Crippen LogP contribution >= 0.6 is 23.2 Å². The quantitative estimate of drug-likeness (QED) is 0.588. The van der Waals surface area contributed by atoms with Gasteiger partial charge < -0.3 is 9.47 Å². The molecule has 0 aliphatic heterocycles. The van der Waals surface area contributed by atoms with E-state index in [9.17, 15) is 13.2 Å². The van der Waals surface area contributed by atoms with Crippen molar-refractivity contribution in [2.24, 2.45) is 0 Å². The van der Waals surface area contributed by atoms with Crippen LogP contribution in [0.15, 0.2) is 41.3 Å². The maximum absolute atomic E-state index is 12.7. The summed E-state index contributed by atoms with van der Waals surface area (Å²) in [7, 11) is -1.41. The Morgan fingerprint density at radius 2 is 1.67 bits per heavy atom. The number of carbonyl (C=O) groups excluding carboxylic acids is 1. The van der Waals surface area contributed by atoms with Crippen molar-refractivity contribution in [1.82, 2.24) is 19.7 Å². The zero-order valence-corrected chi connectivity index (χ0v) is 18.3. The van der Waals surface area contributed by atoms with Crippen molar-refractivity contribution in [2.75, 3.05) is 14.2 Å². The third-order valence-electron chi connectivity index (χ3n) is 4.15. The molecule has 0 fully saturated rings. The first-order valence-electron chi connectivity index (χ1n) is 8.35. The van der Waals surface area contributed by atoms with E-state index in [1.165, 1.54) is 37.1 Å². The molecule has 9 nitrogen and oxygen atoms in total. The predicted octanol–water partition coefficient (Wildman–Crippen LogP) is 3.02. The lowest BCUT2D eigenvalue weighted by molar-refractivity contribution is 0.0976. The largest absolute Gasteiger partial charge is 0.497 e. The highest BCUT2D eigenvalue weighted by molar-refractivity contribution is 7.90. The smallest absolute Gasteiger partial charge is 0.287 e. The number of aromatic nitrogens is 3. The average Bonchev–Trinajstić information content (AvgIpc) is 3.09. The van der Waals surface area contributed by atoms with Crippen molar-refractivity contribution in [3.8, 4) is 17.2 Å². The Kier molecular flexibility index (Phi) is 6.20. The fourth-order valence-corrected chi connectivity index (χ4v) is 4.32. The third kappa shape index (κ3) is 4.20. The molecule has 12 heteroatoms. The summed E-state index contributed by atoms with van der Waals surface area (Å²) in [6.07, 6.45) is 0. The Morgan fingerprint density at radius 1 is 1.03 bits per heavy atom. The van der Waals surface area contributed by atoms with Gasteiger partial charge in [0.2, 0.25) is 0 Å². The highest BCUT2D eigenvalue weighted by Crippen LogP contribution is 2.28. The van der Waals surface area contributed by atoms with Crippen molar-refractivity contribution < 1.29 is 22.7 Å². The van der Waals surface area contributed by atoms with Crippen molar-refractivity contribution in [1.29, 1.82) is 0 Å². The topological polar surface area (TPSA) is 112 Å². The summed E-state index contributed by atoms with van der Waals surface area (Å²) in [5.41, 5.74) is 0.538. The highest BCUT2D eigenvalue weighted by atomic mass is 35.5. The van der Waals surface area contributed by atoms with E-state index in [2.05, 4.69) is 10.3 Å². The Hall–Kier alpha value is -2.82. The van der Waals surface area contributed by atoms with Crippen LogP contribution in [-0.4, -0.2) is 43.5 Å². The molecular formula is C18H16Cl2N4O5S. The summed E-state index contributed by atoms with van der Waals surface area (Å²) >= 11 is 12.2. The Morgan fingerprint density at radius 3 is 2.30 bits per heavy atom. The van der Waals surface area contributed by atoms with Gasteiger partial charge in [-0.2, -0.15) is 0 Å². The van der Waals surface area contributed by atoms with E-state index in [0.717, 1.165) is 0 Å². The molecule has 0 spiro atoms. The summed E-state index contributed by atoms with van der Waals surface area (Å²) in [5, 5.41) is 7.95. The Labute approximate surface area is 182 Å². The van der Waals surface area contributed by atoms with Gasteiger partial charge in [0.05, 0.1) is 35.6 Å². The van der Waals surface area contributed by atoms with Crippen LogP contribution in [0.25, 0.3) is 5.69 Å². The first-order valence-corrected chi connectivity index (χ1v) is 10.6. The number of carbonyl (C=O) groups is 1. The van der Waals surface area contributed by atoms with Gasteiger partial charge in [0.15, 0.2) is 5.69 Å². The molecule has 30 heavy (non-hydrogen) atoms. The van der Waals surface area contributed by atoms with Crippen LogP contribution in [0.3, 0.4) is 0 Å². The first kappa shape index (κ1) is 21.9. The number of hydrogen-bond acceptors (Lipinski definition) is 7. The number of rotatable bonds is 6. The predicted molar refractivity (Wildman–Crippen MR) is 110 cm³/mol. The minimum absolute atomic E-state index is 0.0681. The minimum atomic E-state index is -4.29. The summed E-state index contributed by atoms with van der Waals surface area (Å²) < 4.78 is 38.7. The lowest BCUT2D eigenvalue weighted by Gasteiger charge is -2.10. The molecule has 0 bridgehead atoms. The summed E-state index contributed by atoms with van der Waals surface area (Å²) in [4.78, 5) is 12.3. The SMILES string of the molecule is COc1ccc(-n2nnc(C(=O)NS(=O)(=O)c3cc(OC)ccc3Cl)c2C)c(Cl)c1. The van der Waals surface area contributed by atoms with Crippen LogP contribution in [0.1, 0.15) is 16.2 Å². The minimum Gasteiger partial charge on any atom is -0.497 e. The van der Waals surface area contributed by atoms with E-state index >= 15 is 0 Å². The van der Waals surface area contributed by atoms with Gasteiger partial charge in [-0.1, -0.05) is 28.4 Å². The van der Waals surface area contributed by atoms with Gasteiger partial charge in [0.1, 0.15) is 16.4 Å². The summed E-state index contributed by atoms with van der Waals surface area (Å²) in [5.74, 6) is -0.161. The van der Waals surface area contributed by atoms with Crippen LogP contribution in [0, 0.1) is 6.92 Å². The molecule has 158 valence electrons. The number of benzene rings is 2. The second-order valence-corrected chi connectivity index (χ2v) is 8.45. The molecule has 0 aliphatic rings. The molecule has 0 atom stereocenters. The monoisotopic (exact) mass is 470 g/mol. The second-order valence-electron chi connectivity index (χ2n) is 5.98. The van der Waals surface area contributed by atoms with Crippen LogP contribution in [0.2, 0.25) is 10.0 Å². The second kappa shape index (κ2) is 8.50. The van der Waals surface area contributed by atoms with Crippen LogP contribution in [0.4, 0.5) is 0 Å². The number of hydrogen-bond donors (Lipinski definition) is 1. The molecule has 3 rings (SSSR count). The van der Waals surface area contributed by atoms with Gasteiger partial charge >= 0.3 is 0 Å². The fourth-order valence-electron chi connectivity index (χ4n) is 2.60. The van der Waals surface area contributed by atoms with E-state index in [0.29, 0.717) is 16.5 Å². The van der Waals surface area contributed by atoms with E-state index in [1.54, 1.807) is 25.1 Å². The standard InChI is InChI=1S/C18H16Cl2N4O5S/c1-10-17(21-23-24(10)15-7-5-11(28-2)8-14(15)20)18(25)22-30(26,27)16-9-12(29-3)4-6-13(16)19/h4-9H,1-3H3,(H,22,25). The number of methoxy groups -OCH3 is 2. The van der Waals surface area contributed by atoms with Gasteiger partial charge in [-0.3, -0.25) is 4.79 Å². The van der Waals surface area contributed by atoms with Crippen LogP contribution in [-0.2, 0) is 10.0 Å². The Balaban J connectivity index is 1.92. The molecule has 0 unspecified atom stereocenters. The van der Waals surface area contributed by atoms with Crippen molar-refractivity contribution >= 4 is 39.1 Å². The normalized spacial score (nSPS) is 11.2. The van der Waals surface area contributed by atoms with Crippen molar-refractivity contribution in [3.63, 3.8) is 0 Å². The first-order chi connectivity index (χ1) is 14.2. The fraction of sp³-hybridized carbons (Fsp3) is 0.167. The van der Waals surface area contributed by atoms with E-state index < -0.39 is 15.9 Å². The van der Waals surface area contributed by atoms with Gasteiger partial charge in [0.25, 0.3) is 15.9 Å². The number of halogens is 2. The van der Waals surface area contributed by atoms with E-state index in [4.69, 9.17) is 32.7 Å². The number of amides is 1.